The third-order valence-corrected chi connectivity index (χ3v) is 4.16. The van der Waals surface area contributed by atoms with Crippen molar-refractivity contribution in [2.24, 2.45) is 0 Å². The van der Waals surface area contributed by atoms with Gasteiger partial charge in [-0.05, 0) is 37.3 Å². The third kappa shape index (κ3) is 2.94. The van der Waals surface area contributed by atoms with Gasteiger partial charge in [-0.2, -0.15) is 0 Å². The van der Waals surface area contributed by atoms with Gasteiger partial charge in [-0.15, -0.1) is 10.2 Å². The van der Waals surface area contributed by atoms with Crippen molar-refractivity contribution < 1.29 is 9.90 Å². The van der Waals surface area contributed by atoms with Crippen LogP contribution in [0.4, 0.5) is 0 Å². The van der Waals surface area contributed by atoms with Crippen LogP contribution in [0.2, 0.25) is 10.0 Å². The van der Waals surface area contributed by atoms with Crippen LogP contribution in [0.25, 0.3) is 5.69 Å². The molecule has 0 amide bonds. The van der Waals surface area contributed by atoms with Gasteiger partial charge in [0.15, 0.2) is 11.6 Å². The zero-order valence-electron chi connectivity index (χ0n) is 12.7. The maximum Gasteiger partial charge on any atom is 0.196 e. The van der Waals surface area contributed by atoms with Crippen molar-refractivity contribution in [3.63, 3.8) is 0 Å². The highest BCUT2D eigenvalue weighted by Gasteiger charge is 2.20. The van der Waals surface area contributed by atoms with E-state index >= 15 is 0 Å². The molecule has 0 radical (unpaired) electrons. The van der Waals surface area contributed by atoms with Gasteiger partial charge < -0.3 is 5.11 Å². The van der Waals surface area contributed by atoms with E-state index in [1.54, 1.807) is 54.0 Å². The number of aliphatic hydroxyl groups excluding tert-OH is 1. The van der Waals surface area contributed by atoms with Crippen LogP contribution in [0.1, 0.15) is 27.6 Å². The van der Waals surface area contributed by atoms with Crippen molar-refractivity contribution in [2.75, 3.05) is 0 Å². The van der Waals surface area contributed by atoms with Gasteiger partial charge in [-0.3, -0.25) is 9.36 Å². The minimum Gasteiger partial charge on any atom is -0.388 e. The third-order valence-electron chi connectivity index (χ3n) is 3.60. The quantitative estimate of drug-likeness (QED) is 0.720. The predicted molar refractivity (Wildman–Crippen MR) is 91.9 cm³/mol. The summed E-state index contributed by atoms with van der Waals surface area (Å²) in [7, 11) is 0. The summed E-state index contributed by atoms with van der Waals surface area (Å²) in [6.07, 6.45) is 0. The molecule has 0 aliphatic heterocycles. The van der Waals surface area contributed by atoms with Gasteiger partial charge >= 0.3 is 0 Å². The number of halogens is 2. The molecule has 0 unspecified atom stereocenters. The van der Waals surface area contributed by atoms with E-state index in [0.29, 0.717) is 38.5 Å². The molecule has 0 saturated heterocycles. The van der Waals surface area contributed by atoms with Crippen molar-refractivity contribution in [3.8, 4) is 5.69 Å². The smallest absolute Gasteiger partial charge is 0.196 e. The first kappa shape index (κ1) is 16.6. The topological polar surface area (TPSA) is 68.0 Å². The van der Waals surface area contributed by atoms with Crippen LogP contribution in [0.5, 0.6) is 0 Å². The van der Waals surface area contributed by atoms with Crippen LogP contribution >= 0.6 is 23.2 Å². The van der Waals surface area contributed by atoms with E-state index in [0.717, 1.165) is 0 Å². The van der Waals surface area contributed by atoms with E-state index in [4.69, 9.17) is 23.2 Å². The van der Waals surface area contributed by atoms with E-state index in [1.165, 1.54) is 0 Å². The summed E-state index contributed by atoms with van der Waals surface area (Å²) < 4.78 is 1.63. The molecule has 0 aliphatic carbocycles. The molecule has 5 nitrogen and oxygen atoms in total. The summed E-state index contributed by atoms with van der Waals surface area (Å²) in [5, 5.41) is 18.1. The molecule has 24 heavy (non-hydrogen) atoms. The van der Waals surface area contributed by atoms with Crippen molar-refractivity contribution in [2.45, 2.75) is 13.5 Å². The van der Waals surface area contributed by atoms with E-state index < -0.39 is 0 Å². The highest BCUT2D eigenvalue weighted by Crippen LogP contribution is 2.27. The summed E-state index contributed by atoms with van der Waals surface area (Å²) in [6, 6.07) is 11.7. The number of aliphatic hydroxyl groups is 1. The first-order valence-electron chi connectivity index (χ1n) is 7.14. The summed E-state index contributed by atoms with van der Waals surface area (Å²) in [6.45, 7) is 1.44. The second kappa shape index (κ2) is 6.73. The Labute approximate surface area is 148 Å². The van der Waals surface area contributed by atoms with Crippen molar-refractivity contribution >= 4 is 29.0 Å². The Bertz CT molecular complexity index is 922. The molecule has 0 bridgehead atoms. The van der Waals surface area contributed by atoms with Gasteiger partial charge in [0, 0.05) is 16.1 Å². The molecule has 0 atom stereocenters. The SMILES string of the molecule is Cc1nnc(CO)n1-c1ccc(Cl)cc1C(=O)c1ccccc1Cl. The van der Waals surface area contributed by atoms with Gasteiger partial charge in [0.1, 0.15) is 12.4 Å². The van der Waals surface area contributed by atoms with E-state index in [-0.39, 0.29) is 12.4 Å². The molecule has 1 aromatic heterocycles. The second-order valence-corrected chi connectivity index (χ2v) is 5.97. The maximum atomic E-state index is 13.0. The lowest BCUT2D eigenvalue weighted by Crippen LogP contribution is -2.11. The average Bonchev–Trinajstić information content (AvgIpc) is 2.95. The van der Waals surface area contributed by atoms with Crippen LogP contribution in [0, 0.1) is 6.92 Å². The lowest BCUT2D eigenvalue weighted by Gasteiger charge is -2.13. The number of ketones is 1. The molecule has 7 heteroatoms. The summed E-state index contributed by atoms with van der Waals surface area (Å²) in [4.78, 5) is 13.0. The molecule has 0 fully saturated rings. The lowest BCUT2D eigenvalue weighted by atomic mass is 10.0. The second-order valence-electron chi connectivity index (χ2n) is 5.13. The number of hydrogen-bond acceptors (Lipinski definition) is 4. The monoisotopic (exact) mass is 361 g/mol. The van der Waals surface area contributed by atoms with E-state index in [2.05, 4.69) is 10.2 Å². The molecular formula is C17H13Cl2N3O2. The Kier molecular flexibility index (Phi) is 4.66. The van der Waals surface area contributed by atoms with Gasteiger partial charge in [-0.1, -0.05) is 35.3 Å². The van der Waals surface area contributed by atoms with Gasteiger partial charge in [0.2, 0.25) is 0 Å². The van der Waals surface area contributed by atoms with Crippen molar-refractivity contribution in [1.29, 1.82) is 0 Å². The lowest BCUT2D eigenvalue weighted by molar-refractivity contribution is 0.103. The molecule has 0 aliphatic rings. The summed E-state index contributed by atoms with van der Waals surface area (Å²) >= 11 is 12.2. The highest BCUT2D eigenvalue weighted by atomic mass is 35.5. The van der Waals surface area contributed by atoms with Crippen LogP contribution in [-0.4, -0.2) is 25.7 Å². The molecule has 1 N–H and O–H groups in total. The number of hydrogen-bond donors (Lipinski definition) is 1. The first-order chi connectivity index (χ1) is 11.5. The van der Waals surface area contributed by atoms with Crippen LogP contribution in [0.3, 0.4) is 0 Å². The number of carbonyl (C=O) groups excluding carboxylic acids is 1. The molecule has 122 valence electrons. The fourth-order valence-electron chi connectivity index (χ4n) is 2.50. The Morgan fingerprint density at radius 1 is 1.12 bits per heavy atom. The number of aryl methyl sites for hydroxylation is 1. The molecule has 0 saturated carbocycles. The largest absolute Gasteiger partial charge is 0.388 e. The highest BCUT2D eigenvalue weighted by molar-refractivity contribution is 6.35. The molecular weight excluding hydrogens is 349 g/mol. The van der Waals surface area contributed by atoms with Gasteiger partial charge in [-0.25, -0.2) is 0 Å². The Hall–Kier alpha value is -2.21. The molecule has 3 rings (SSSR count). The fraction of sp³-hybridized carbons (Fsp3) is 0.118. The van der Waals surface area contributed by atoms with Gasteiger partial charge in [0.25, 0.3) is 0 Å². The number of nitrogens with zero attached hydrogens (tertiary/aromatic N) is 3. The van der Waals surface area contributed by atoms with Crippen molar-refractivity contribution in [1.82, 2.24) is 14.8 Å². The Balaban J connectivity index is 2.22. The number of benzene rings is 2. The summed E-state index contributed by atoms with van der Waals surface area (Å²) in [5.74, 6) is 0.618. The summed E-state index contributed by atoms with van der Waals surface area (Å²) in [5.41, 5.74) is 1.27. The normalized spacial score (nSPS) is 10.8. The number of carbonyl (C=O) groups is 1. The van der Waals surface area contributed by atoms with E-state index in [9.17, 15) is 9.90 Å². The molecule has 3 aromatic rings. The minimum atomic E-state index is -0.302. The zero-order chi connectivity index (χ0) is 17.3. The van der Waals surface area contributed by atoms with Crippen LogP contribution in [0.15, 0.2) is 42.5 Å². The minimum absolute atomic E-state index is 0.268. The maximum absolute atomic E-state index is 13.0. The van der Waals surface area contributed by atoms with Crippen LogP contribution < -0.4 is 0 Å². The number of aromatic nitrogens is 3. The molecule has 0 spiro atoms. The Morgan fingerprint density at radius 3 is 2.58 bits per heavy atom. The Morgan fingerprint density at radius 2 is 1.88 bits per heavy atom. The predicted octanol–water partition coefficient (Wildman–Crippen LogP) is 3.61. The van der Waals surface area contributed by atoms with E-state index in [1.807, 2.05) is 0 Å². The molecule has 1 heterocycles. The number of rotatable bonds is 4. The first-order valence-corrected chi connectivity index (χ1v) is 7.89. The standard InChI is InChI=1S/C17H13Cl2N3O2/c1-10-20-21-16(9-23)22(10)15-7-6-11(18)8-13(15)17(24)12-4-2-3-5-14(12)19/h2-8,23H,9H2,1H3. The average molecular weight is 362 g/mol. The van der Waals surface area contributed by atoms with Crippen LogP contribution in [-0.2, 0) is 6.61 Å². The van der Waals surface area contributed by atoms with Gasteiger partial charge in [0.05, 0.1) is 10.7 Å². The molecule has 2 aromatic carbocycles. The fourth-order valence-corrected chi connectivity index (χ4v) is 2.89. The zero-order valence-corrected chi connectivity index (χ0v) is 14.2. The van der Waals surface area contributed by atoms with Crippen molar-refractivity contribution in [3.05, 3.63) is 75.3 Å².